The fourth-order valence-corrected chi connectivity index (χ4v) is 2.09. The zero-order valence-electron chi connectivity index (χ0n) is 10.8. The van der Waals surface area contributed by atoms with Crippen molar-refractivity contribution in [2.45, 2.75) is 13.8 Å². The number of nitrogens with zero attached hydrogens (tertiary/aromatic N) is 4. The van der Waals surface area contributed by atoms with Gasteiger partial charge >= 0.3 is 0 Å². The molecule has 0 saturated carbocycles. The molecule has 1 amide bonds. The van der Waals surface area contributed by atoms with E-state index in [0.717, 1.165) is 32.0 Å². The average molecular weight is 236 g/mol. The maximum atomic E-state index is 11.8. The zero-order valence-corrected chi connectivity index (χ0v) is 10.8. The van der Waals surface area contributed by atoms with Crippen molar-refractivity contribution in [1.82, 2.24) is 14.7 Å². The Balaban J connectivity index is 1.92. The first-order valence-electron chi connectivity index (χ1n) is 6.11. The molecule has 0 N–H and O–H groups in total. The third kappa shape index (κ3) is 2.60. The van der Waals surface area contributed by atoms with E-state index in [9.17, 15) is 4.79 Å². The quantitative estimate of drug-likeness (QED) is 0.760. The van der Waals surface area contributed by atoms with Crippen LogP contribution in [0, 0.1) is 5.92 Å². The van der Waals surface area contributed by atoms with Gasteiger partial charge in [0.15, 0.2) is 5.82 Å². The molecule has 5 heteroatoms. The highest BCUT2D eigenvalue weighted by Gasteiger charge is 2.23. The molecule has 1 fully saturated rings. The molecule has 5 nitrogen and oxygen atoms in total. The standard InChI is InChI=1S/C12H20N4O/c1-10(2)12(17)16-8-6-15(7-9-16)11-4-5-14(3)13-11/h4-5,10H,6-9H2,1-3H3. The van der Waals surface area contributed by atoms with E-state index in [0.29, 0.717) is 0 Å². The van der Waals surface area contributed by atoms with E-state index in [4.69, 9.17) is 0 Å². The minimum Gasteiger partial charge on any atom is -0.352 e. The van der Waals surface area contributed by atoms with Gasteiger partial charge in [-0.15, -0.1) is 0 Å². The van der Waals surface area contributed by atoms with Gasteiger partial charge in [0.1, 0.15) is 0 Å². The van der Waals surface area contributed by atoms with Crippen molar-refractivity contribution in [2.75, 3.05) is 31.1 Å². The van der Waals surface area contributed by atoms with E-state index < -0.39 is 0 Å². The number of rotatable bonds is 2. The highest BCUT2D eigenvalue weighted by Crippen LogP contribution is 2.14. The normalized spacial score (nSPS) is 16.7. The van der Waals surface area contributed by atoms with Crippen LogP contribution in [0.3, 0.4) is 0 Å². The Labute approximate surface area is 102 Å². The number of aromatic nitrogens is 2. The van der Waals surface area contributed by atoms with Crippen LogP contribution in [0.25, 0.3) is 0 Å². The van der Waals surface area contributed by atoms with Crippen molar-refractivity contribution in [3.05, 3.63) is 12.3 Å². The van der Waals surface area contributed by atoms with Crippen molar-refractivity contribution in [3.8, 4) is 0 Å². The fraction of sp³-hybridized carbons (Fsp3) is 0.667. The number of carbonyl (C=O) groups excluding carboxylic acids is 1. The molecule has 2 rings (SSSR count). The fourth-order valence-electron chi connectivity index (χ4n) is 2.09. The number of hydrogen-bond donors (Lipinski definition) is 0. The Kier molecular flexibility index (Phi) is 3.36. The second-order valence-corrected chi connectivity index (χ2v) is 4.81. The topological polar surface area (TPSA) is 41.4 Å². The summed E-state index contributed by atoms with van der Waals surface area (Å²) in [7, 11) is 1.92. The minimum absolute atomic E-state index is 0.0939. The molecule has 0 aliphatic carbocycles. The van der Waals surface area contributed by atoms with Crippen LogP contribution < -0.4 is 4.90 Å². The van der Waals surface area contributed by atoms with Gasteiger partial charge in [0.05, 0.1) is 0 Å². The van der Waals surface area contributed by atoms with Crippen molar-refractivity contribution < 1.29 is 4.79 Å². The van der Waals surface area contributed by atoms with Crippen LogP contribution in [0.5, 0.6) is 0 Å². The van der Waals surface area contributed by atoms with Gasteiger partial charge in [-0.1, -0.05) is 13.8 Å². The predicted molar refractivity (Wildman–Crippen MR) is 66.8 cm³/mol. The van der Waals surface area contributed by atoms with Crippen molar-refractivity contribution in [2.24, 2.45) is 13.0 Å². The third-order valence-corrected chi connectivity index (χ3v) is 3.11. The molecule has 0 atom stereocenters. The largest absolute Gasteiger partial charge is 0.352 e. The van der Waals surface area contributed by atoms with Gasteiger partial charge in [-0.3, -0.25) is 9.48 Å². The summed E-state index contributed by atoms with van der Waals surface area (Å²) in [4.78, 5) is 16.0. The van der Waals surface area contributed by atoms with E-state index in [-0.39, 0.29) is 11.8 Å². The number of carbonyl (C=O) groups is 1. The summed E-state index contributed by atoms with van der Waals surface area (Å²) in [5, 5.41) is 4.38. The Morgan fingerprint density at radius 2 is 1.94 bits per heavy atom. The van der Waals surface area contributed by atoms with E-state index >= 15 is 0 Å². The minimum atomic E-state index is 0.0939. The van der Waals surface area contributed by atoms with Crippen LogP contribution in [-0.4, -0.2) is 46.8 Å². The van der Waals surface area contributed by atoms with E-state index in [1.54, 1.807) is 4.68 Å². The first kappa shape index (κ1) is 12.0. The molecule has 0 unspecified atom stereocenters. The van der Waals surface area contributed by atoms with Gasteiger partial charge in [-0.05, 0) is 0 Å². The van der Waals surface area contributed by atoms with Crippen molar-refractivity contribution in [1.29, 1.82) is 0 Å². The van der Waals surface area contributed by atoms with Gasteiger partial charge < -0.3 is 9.80 Å². The molecule has 0 spiro atoms. The molecule has 1 aromatic heterocycles. The third-order valence-electron chi connectivity index (χ3n) is 3.11. The summed E-state index contributed by atoms with van der Waals surface area (Å²) >= 11 is 0. The van der Waals surface area contributed by atoms with Gasteiger partial charge in [-0.25, -0.2) is 0 Å². The smallest absolute Gasteiger partial charge is 0.225 e. The SMILES string of the molecule is CC(C)C(=O)N1CCN(c2ccn(C)n2)CC1. The van der Waals surface area contributed by atoms with Crippen LogP contribution in [0.2, 0.25) is 0 Å². The van der Waals surface area contributed by atoms with Crippen LogP contribution >= 0.6 is 0 Å². The second-order valence-electron chi connectivity index (χ2n) is 4.81. The number of hydrogen-bond acceptors (Lipinski definition) is 3. The number of piperazine rings is 1. The van der Waals surface area contributed by atoms with Gasteiger partial charge in [-0.2, -0.15) is 5.10 Å². The number of anilines is 1. The molecule has 1 aliphatic heterocycles. The maximum Gasteiger partial charge on any atom is 0.225 e. The summed E-state index contributed by atoms with van der Waals surface area (Å²) in [6.07, 6.45) is 1.95. The molecular formula is C12H20N4O. The summed E-state index contributed by atoms with van der Waals surface area (Å²) in [6.45, 7) is 7.24. The zero-order chi connectivity index (χ0) is 12.4. The lowest BCUT2D eigenvalue weighted by Crippen LogP contribution is -2.50. The second kappa shape index (κ2) is 4.77. The molecule has 1 aliphatic rings. The molecule has 0 radical (unpaired) electrons. The Bertz CT molecular complexity index is 391. The summed E-state index contributed by atoms with van der Waals surface area (Å²) in [5.41, 5.74) is 0. The first-order valence-corrected chi connectivity index (χ1v) is 6.11. The predicted octanol–water partition coefficient (Wildman–Crippen LogP) is 0.725. The Hall–Kier alpha value is -1.52. The van der Waals surface area contributed by atoms with E-state index in [1.165, 1.54) is 0 Å². The summed E-state index contributed by atoms with van der Waals surface area (Å²) in [5.74, 6) is 1.35. The molecular weight excluding hydrogens is 216 g/mol. The molecule has 2 heterocycles. The lowest BCUT2D eigenvalue weighted by atomic mass is 10.1. The Morgan fingerprint density at radius 1 is 1.29 bits per heavy atom. The van der Waals surface area contributed by atoms with Crippen LogP contribution in [0.15, 0.2) is 12.3 Å². The van der Waals surface area contributed by atoms with Crippen molar-refractivity contribution >= 4 is 11.7 Å². The van der Waals surface area contributed by atoms with Crippen molar-refractivity contribution in [3.63, 3.8) is 0 Å². The Morgan fingerprint density at radius 3 is 2.41 bits per heavy atom. The maximum absolute atomic E-state index is 11.8. The number of aryl methyl sites for hydroxylation is 1. The summed E-state index contributed by atoms with van der Waals surface area (Å²) < 4.78 is 1.81. The van der Waals surface area contributed by atoms with Gasteiger partial charge in [0.25, 0.3) is 0 Å². The van der Waals surface area contributed by atoms with Crippen LogP contribution in [0.1, 0.15) is 13.8 Å². The lowest BCUT2D eigenvalue weighted by Gasteiger charge is -2.35. The highest BCUT2D eigenvalue weighted by molar-refractivity contribution is 5.78. The highest BCUT2D eigenvalue weighted by atomic mass is 16.2. The van der Waals surface area contributed by atoms with E-state index in [1.807, 2.05) is 38.1 Å². The summed E-state index contributed by atoms with van der Waals surface area (Å²) in [6, 6.07) is 2.01. The van der Waals surface area contributed by atoms with Crippen LogP contribution in [0.4, 0.5) is 5.82 Å². The molecule has 1 saturated heterocycles. The molecule has 1 aromatic rings. The lowest BCUT2D eigenvalue weighted by molar-refractivity contribution is -0.134. The molecule has 94 valence electrons. The van der Waals surface area contributed by atoms with Gasteiger partial charge in [0, 0.05) is 51.4 Å². The van der Waals surface area contributed by atoms with Crippen LogP contribution in [-0.2, 0) is 11.8 Å². The first-order chi connectivity index (χ1) is 8.08. The molecule has 0 bridgehead atoms. The van der Waals surface area contributed by atoms with E-state index in [2.05, 4.69) is 10.00 Å². The number of amides is 1. The average Bonchev–Trinajstić information content (AvgIpc) is 2.75. The molecule has 17 heavy (non-hydrogen) atoms. The van der Waals surface area contributed by atoms with Gasteiger partial charge in [0.2, 0.25) is 5.91 Å². The molecule has 0 aromatic carbocycles. The monoisotopic (exact) mass is 236 g/mol.